The minimum absolute atomic E-state index is 0.0973. The number of nitrogens with zero attached hydrogens (tertiary/aromatic N) is 4. The Morgan fingerprint density at radius 2 is 1.59 bits per heavy atom. The number of hydrogen-bond donors (Lipinski definition) is 0. The molecule has 1 aromatic heterocycles. The van der Waals surface area contributed by atoms with Crippen LogP contribution in [0.15, 0.2) is 64.3 Å². The molecule has 1 saturated heterocycles. The molecule has 2 aliphatic heterocycles. The van der Waals surface area contributed by atoms with Crippen molar-refractivity contribution in [2.75, 3.05) is 9.80 Å². The Hall–Kier alpha value is -3.76. The topological polar surface area (TPSA) is 84.6 Å². The first-order valence-electron chi connectivity index (χ1n) is 10.3. The summed E-state index contributed by atoms with van der Waals surface area (Å²) in [5, 5.41) is 0. The van der Waals surface area contributed by atoms with Gasteiger partial charge in [-0.05, 0) is 25.1 Å². The van der Waals surface area contributed by atoms with Gasteiger partial charge in [-0.15, -0.1) is 0 Å². The van der Waals surface area contributed by atoms with Crippen molar-refractivity contribution in [1.29, 1.82) is 0 Å². The lowest BCUT2D eigenvalue weighted by atomic mass is 10.1. The molecule has 0 saturated carbocycles. The molecule has 8 nitrogen and oxygen atoms in total. The standard InChI is InChI=1S/C24H18N4O4S2/c1-13-19(22(31)28(25(13)3)15-9-5-4-6-10-15)27-23(32)20(34-24(27)33)18-16-11-7-8-12-17(16)26(14(2)29)21(18)30/h4-12H,1-3H3. The zero-order valence-corrected chi connectivity index (χ0v) is 20.1. The largest absolute Gasteiger partial charge is 0.296 e. The predicted octanol–water partition coefficient (Wildman–Crippen LogP) is 3.15. The number of imide groups is 1. The van der Waals surface area contributed by atoms with E-state index in [1.807, 2.05) is 18.2 Å². The minimum atomic E-state index is -0.583. The number of carbonyl (C=O) groups is 3. The summed E-state index contributed by atoms with van der Waals surface area (Å²) in [6, 6.07) is 15.9. The molecule has 0 radical (unpaired) electrons. The van der Waals surface area contributed by atoms with E-state index in [4.69, 9.17) is 12.2 Å². The number of fused-ring (bicyclic) bond motifs is 1. The van der Waals surface area contributed by atoms with Crippen molar-refractivity contribution in [3.05, 3.63) is 81.1 Å². The first-order chi connectivity index (χ1) is 16.2. The summed E-state index contributed by atoms with van der Waals surface area (Å²) in [5.74, 6) is -1.60. The van der Waals surface area contributed by atoms with E-state index in [-0.39, 0.29) is 20.5 Å². The van der Waals surface area contributed by atoms with E-state index < -0.39 is 23.3 Å². The van der Waals surface area contributed by atoms with Gasteiger partial charge >= 0.3 is 0 Å². The molecule has 2 aliphatic rings. The Kier molecular flexibility index (Phi) is 5.14. The van der Waals surface area contributed by atoms with E-state index in [2.05, 4.69) is 0 Å². The smallest absolute Gasteiger partial charge is 0.283 e. The number of hydrogen-bond acceptors (Lipinski definition) is 6. The third-order valence-electron chi connectivity index (χ3n) is 5.89. The van der Waals surface area contributed by atoms with Gasteiger partial charge in [0.1, 0.15) is 5.69 Å². The predicted molar refractivity (Wildman–Crippen MR) is 135 cm³/mol. The van der Waals surface area contributed by atoms with Gasteiger partial charge in [0, 0.05) is 19.5 Å². The van der Waals surface area contributed by atoms with Crippen molar-refractivity contribution >= 4 is 63.0 Å². The molecule has 170 valence electrons. The highest BCUT2D eigenvalue weighted by Crippen LogP contribution is 2.45. The van der Waals surface area contributed by atoms with Crippen LogP contribution in [0.2, 0.25) is 0 Å². The maximum absolute atomic E-state index is 13.6. The third-order valence-corrected chi connectivity index (χ3v) is 7.26. The van der Waals surface area contributed by atoms with Gasteiger partial charge in [-0.25, -0.2) is 9.58 Å². The molecule has 0 unspecified atom stereocenters. The molecule has 2 aromatic carbocycles. The first kappa shape index (κ1) is 22.1. The highest BCUT2D eigenvalue weighted by molar-refractivity contribution is 8.27. The zero-order valence-electron chi connectivity index (χ0n) is 18.4. The summed E-state index contributed by atoms with van der Waals surface area (Å²) in [4.78, 5) is 54.8. The van der Waals surface area contributed by atoms with Gasteiger partial charge in [0.2, 0.25) is 5.91 Å². The van der Waals surface area contributed by atoms with Crippen LogP contribution < -0.4 is 15.4 Å². The average Bonchev–Trinajstić information content (AvgIpc) is 3.34. The Labute approximate surface area is 204 Å². The van der Waals surface area contributed by atoms with Crippen LogP contribution in [0.1, 0.15) is 18.2 Å². The van der Waals surface area contributed by atoms with Crippen molar-refractivity contribution in [2.45, 2.75) is 13.8 Å². The van der Waals surface area contributed by atoms with Crippen LogP contribution in [0.3, 0.4) is 0 Å². The number of benzene rings is 2. The maximum atomic E-state index is 13.6. The molecule has 0 atom stereocenters. The fourth-order valence-corrected chi connectivity index (χ4v) is 5.61. The number of rotatable bonds is 2. The molecule has 1 fully saturated rings. The molecule has 0 aliphatic carbocycles. The van der Waals surface area contributed by atoms with E-state index in [0.29, 0.717) is 22.6 Å². The number of anilines is 2. The van der Waals surface area contributed by atoms with Crippen LogP contribution >= 0.6 is 24.0 Å². The quantitative estimate of drug-likeness (QED) is 0.405. The Morgan fingerprint density at radius 3 is 2.26 bits per heavy atom. The highest BCUT2D eigenvalue weighted by Gasteiger charge is 2.45. The molecule has 10 heteroatoms. The third kappa shape index (κ3) is 3.02. The summed E-state index contributed by atoms with van der Waals surface area (Å²) in [7, 11) is 1.73. The van der Waals surface area contributed by atoms with Crippen LogP contribution in [0, 0.1) is 6.92 Å². The summed E-state index contributed by atoms with van der Waals surface area (Å²) >= 11 is 6.46. The highest BCUT2D eigenvalue weighted by atomic mass is 32.2. The number of amides is 3. The Morgan fingerprint density at radius 1 is 0.941 bits per heavy atom. The molecule has 5 rings (SSSR count). The van der Waals surface area contributed by atoms with Gasteiger partial charge < -0.3 is 0 Å². The molecular formula is C24H18N4O4S2. The fourth-order valence-electron chi connectivity index (χ4n) is 4.27. The van der Waals surface area contributed by atoms with Gasteiger partial charge in [0.25, 0.3) is 17.4 Å². The number of para-hydroxylation sites is 2. The van der Waals surface area contributed by atoms with Crippen LogP contribution in [0.5, 0.6) is 0 Å². The van der Waals surface area contributed by atoms with Crippen molar-refractivity contribution in [1.82, 2.24) is 9.36 Å². The minimum Gasteiger partial charge on any atom is -0.283 e. The summed E-state index contributed by atoms with van der Waals surface area (Å²) in [6.45, 7) is 3.03. The van der Waals surface area contributed by atoms with Crippen LogP contribution in [-0.2, 0) is 21.4 Å². The van der Waals surface area contributed by atoms with Gasteiger partial charge in [-0.1, -0.05) is 60.4 Å². The molecule has 0 spiro atoms. The Balaban J connectivity index is 1.67. The molecule has 3 heterocycles. The lowest BCUT2D eigenvalue weighted by molar-refractivity contribution is -0.122. The van der Waals surface area contributed by atoms with Crippen LogP contribution in [0.25, 0.3) is 11.3 Å². The number of thiocarbonyl (C=S) groups is 1. The van der Waals surface area contributed by atoms with Crippen molar-refractivity contribution in [3.8, 4) is 5.69 Å². The van der Waals surface area contributed by atoms with E-state index in [9.17, 15) is 19.2 Å². The van der Waals surface area contributed by atoms with Gasteiger partial charge in [-0.2, -0.15) is 0 Å². The molecule has 3 aromatic rings. The fraction of sp³-hybridized carbons (Fsp3) is 0.125. The van der Waals surface area contributed by atoms with E-state index in [1.165, 1.54) is 16.5 Å². The van der Waals surface area contributed by atoms with Crippen molar-refractivity contribution in [2.24, 2.45) is 7.05 Å². The normalized spacial score (nSPS) is 17.7. The zero-order chi connectivity index (χ0) is 24.3. The molecule has 0 bridgehead atoms. The SMILES string of the molecule is CC(=O)N1C(=O)C(=C2SC(=S)N(c3c(C)n(C)n(-c4ccccc4)c3=O)C2=O)c2ccccc21. The number of thioether (sulfide) groups is 1. The second kappa shape index (κ2) is 7.93. The summed E-state index contributed by atoms with van der Waals surface area (Å²) < 4.78 is 3.26. The van der Waals surface area contributed by atoms with Crippen LogP contribution in [-0.4, -0.2) is 31.4 Å². The van der Waals surface area contributed by atoms with Gasteiger partial charge in [0.15, 0.2) is 4.32 Å². The number of aromatic nitrogens is 2. The molecule has 0 N–H and O–H groups in total. The Bertz CT molecular complexity index is 1520. The summed E-state index contributed by atoms with van der Waals surface area (Å²) in [6.07, 6.45) is 0. The molecular weight excluding hydrogens is 472 g/mol. The lowest BCUT2D eigenvalue weighted by Gasteiger charge is -2.13. The lowest BCUT2D eigenvalue weighted by Crippen LogP contribution is -2.34. The number of carbonyl (C=O) groups excluding carboxylic acids is 3. The molecule has 34 heavy (non-hydrogen) atoms. The monoisotopic (exact) mass is 490 g/mol. The average molecular weight is 491 g/mol. The maximum Gasteiger partial charge on any atom is 0.296 e. The summed E-state index contributed by atoms with van der Waals surface area (Å²) in [5.41, 5.74) is 1.92. The second-order valence-electron chi connectivity index (χ2n) is 7.80. The van der Waals surface area contributed by atoms with Gasteiger partial charge in [0.05, 0.1) is 27.5 Å². The van der Waals surface area contributed by atoms with Crippen molar-refractivity contribution in [3.63, 3.8) is 0 Å². The van der Waals surface area contributed by atoms with E-state index in [1.54, 1.807) is 55.1 Å². The van der Waals surface area contributed by atoms with E-state index in [0.717, 1.165) is 16.7 Å². The van der Waals surface area contributed by atoms with Crippen LogP contribution in [0.4, 0.5) is 11.4 Å². The second-order valence-corrected chi connectivity index (χ2v) is 9.44. The molecule has 3 amide bonds. The van der Waals surface area contributed by atoms with Crippen molar-refractivity contribution < 1.29 is 14.4 Å². The van der Waals surface area contributed by atoms with Gasteiger partial charge in [-0.3, -0.25) is 28.8 Å². The first-order valence-corrected chi connectivity index (χ1v) is 11.6. The van der Waals surface area contributed by atoms with E-state index >= 15 is 0 Å².